The predicted octanol–water partition coefficient (Wildman–Crippen LogP) is 4.84. The molecule has 17 heteroatoms. The average molecular weight is 849 g/mol. The van der Waals surface area contributed by atoms with E-state index in [-0.39, 0.29) is 36.5 Å². The molecule has 3 aliphatic heterocycles. The number of piperidine rings is 1. The molecule has 1 aliphatic carbocycles. The molecule has 62 heavy (non-hydrogen) atoms. The van der Waals surface area contributed by atoms with E-state index in [9.17, 15) is 24.8 Å². The predicted molar refractivity (Wildman–Crippen MR) is 226 cm³/mol. The van der Waals surface area contributed by atoms with E-state index in [1.807, 2.05) is 27.9 Å². The molecule has 324 valence electrons. The van der Waals surface area contributed by atoms with Crippen LogP contribution in [0.4, 0.5) is 20.2 Å². The standard InChI is InChI=1S/C45H50F2N10O5/c1-45(2,61)35-18-38-27(15-39(35)50-44(60)40-10-8-30-14-26(19-48)20-49-57(30)40)21-56(52-38)29-6-4-28(5-7-29)55-13-12-53(24-33(55)25-62-3)32-22-54(23-32)31-16-36(46)42(37(47)17-31)34-9-11-41(58)51-43(34)59/h8,10,14-18,20-21,28-29,32-34,61H,4-7,9,11-13,22-25H2,1-3H3,(H,50,60)(H,51,58,59)/t28?,29?,33-,34-/m1/s1. The van der Waals surface area contributed by atoms with Crippen molar-refractivity contribution in [3.8, 4) is 6.07 Å². The number of aliphatic hydroxyl groups is 1. The molecule has 4 fully saturated rings. The van der Waals surface area contributed by atoms with Crippen LogP contribution in [-0.4, -0.2) is 117 Å². The second-order valence-electron chi connectivity index (χ2n) is 17.7. The SMILES string of the molecule is COC[C@H]1CN(C2CN(c3cc(F)c([C@H]4CCC(=O)NC4=O)c(F)c3)C2)CCN1C1CCC(n2cc3cc(NC(=O)c4ccc5cc(C#N)cnn45)c(C(C)(C)O)cc3n2)CC1. The summed E-state index contributed by atoms with van der Waals surface area (Å²) >= 11 is 0. The van der Waals surface area contributed by atoms with Crippen molar-refractivity contribution in [2.24, 2.45) is 0 Å². The highest BCUT2D eigenvalue weighted by atomic mass is 19.1. The Kier molecular flexibility index (Phi) is 11.0. The molecule has 6 heterocycles. The highest BCUT2D eigenvalue weighted by Gasteiger charge is 2.41. The fourth-order valence-electron chi connectivity index (χ4n) is 9.96. The Balaban J connectivity index is 0.821. The maximum absolute atomic E-state index is 15.3. The Morgan fingerprint density at radius 2 is 1.74 bits per heavy atom. The number of methoxy groups -OCH3 is 1. The van der Waals surface area contributed by atoms with Gasteiger partial charge in [-0.3, -0.25) is 34.2 Å². The summed E-state index contributed by atoms with van der Waals surface area (Å²) in [6.07, 6.45) is 7.43. The zero-order chi connectivity index (χ0) is 43.4. The lowest BCUT2D eigenvalue weighted by molar-refractivity contribution is -0.134. The van der Waals surface area contributed by atoms with Gasteiger partial charge in [0, 0.05) is 98.5 Å². The van der Waals surface area contributed by atoms with Crippen molar-refractivity contribution in [2.75, 3.05) is 56.7 Å². The number of nitrogens with one attached hydrogen (secondary N) is 2. The van der Waals surface area contributed by atoms with Crippen LogP contribution < -0.4 is 15.5 Å². The lowest BCUT2D eigenvalue weighted by Crippen LogP contribution is -2.67. The van der Waals surface area contributed by atoms with Crippen LogP contribution in [0, 0.1) is 23.0 Å². The molecule has 5 aromatic rings. The van der Waals surface area contributed by atoms with Gasteiger partial charge in [0.15, 0.2) is 0 Å². The number of ether oxygens (including phenoxy) is 1. The molecule has 3 saturated heterocycles. The molecule has 3 N–H and O–H groups in total. The van der Waals surface area contributed by atoms with Gasteiger partial charge in [-0.25, -0.2) is 13.3 Å². The summed E-state index contributed by atoms with van der Waals surface area (Å²) in [5, 5.41) is 35.7. The maximum atomic E-state index is 15.3. The van der Waals surface area contributed by atoms with Crippen LogP contribution in [0.1, 0.15) is 91.5 Å². The van der Waals surface area contributed by atoms with Crippen LogP contribution in [0.5, 0.6) is 0 Å². The number of piperazine rings is 1. The largest absolute Gasteiger partial charge is 0.386 e. The summed E-state index contributed by atoms with van der Waals surface area (Å²) in [7, 11) is 1.73. The van der Waals surface area contributed by atoms with Crippen LogP contribution in [-0.2, 0) is 19.9 Å². The number of halogens is 2. The van der Waals surface area contributed by atoms with E-state index < -0.39 is 40.9 Å². The number of hydrogen-bond acceptors (Lipinski definition) is 11. The normalized spacial score (nSPS) is 23.1. The lowest BCUT2D eigenvalue weighted by atomic mass is 9.88. The summed E-state index contributed by atoms with van der Waals surface area (Å²) in [6.45, 7) is 7.81. The Morgan fingerprint density at radius 3 is 2.44 bits per heavy atom. The number of fused-ring (bicyclic) bond motifs is 2. The summed E-state index contributed by atoms with van der Waals surface area (Å²) in [4.78, 5) is 44.5. The third-order valence-electron chi connectivity index (χ3n) is 13.3. The molecular weight excluding hydrogens is 799 g/mol. The highest BCUT2D eigenvalue weighted by molar-refractivity contribution is 6.05. The van der Waals surface area contributed by atoms with E-state index in [2.05, 4.69) is 31.6 Å². The van der Waals surface area contributed by atoms with Crippen molar-refractivity contribution in [3.63, 3.8) is 0 Å². The van der Waals surface area contributed by atoms with Crippen molar-refractivity contribution < 1.29 is 33.0 Å². The molecule has 2 atom stereocenters. The van der Waals surface area contributed by atoms with Gasteiger partial charge >= 0.3 is 0 Å². The summed E-state index contributed by atoms with van der Waals surface area (Å²) < 4.78 is 39.8. The van der Waals surface area contributed by atoms with Crippen LogP contribution in [0.3, 0.4) is 0 Å². The van der Waals surface area contributed by atoms with Crippen LogP contribution in [0.15, 0.2) is 54.9 Å². The number of aromatic nitrogens is 4. The molecule has 3 amide bonds. The smallest absolute Gasteiger partial charge is 0.274 e. The van der Waals surface area contributed by atoms with Gasteiger partial charge in [-0.1, -0.05) is 0 Å². The van der Waals surface area contributed by atoms with Gasteiger partial charge in [0.25, 0.3) is 5.91 Å². The number of carbonyl (C=O) groups excluding carboxylic acids is 3. The lowest BCUT2D eigenvalue weighted by Gasteiger charge is -2.53. The summed E-state index contributed by atoms with van der Waals surface area (Å²) in [6, 6.07) is 14.4. The minimum atomic E-state index is -1.27. The molecule has 4 aliphatic rings. The molecule has 15 nitrogen and oxygen atoms in total. The van der Waals surface area contributed by atoms with E-state index in [1.54, 1.807) is 39.2 Å². The van der Waals surface area contributed by atoms with Crippen LogP contribution >= 0.6 is 0 Å². The van der Waals surface area contributed by atoms with Crippen LogP contribution in [0.25, 0.3) is 16.4 Å². The van der Waals surface area contributed by atoms with Crippen molar-refractivity contribution in [1.82, 2.24) is 34.5 Å². The van der Waals surface area contributed by atoms with Crippen molar-refractivity contribution in [3.05, 3.63) is 88.9 Å². The third kappa shape index (κ3) is 7.92. The molecule has 0 radical (unpaired) electrons. The number of benzene rings is 2. The first-order chi connectivity index (χ1) is 29.8. The Morgan fingerprint density at radius 1 is 1.00 bits per heavy atom. The van der Waals surface area contributed by atoms with Crippen LogP contribution in [0.2, 0.25) is 0 Å². The number of hydrogen-bond donors (Lipinski definition) is 3. The van der Waals surface area contributed by atoms with Gasteiger partial charge < -0.3 is 20.1 Å². The molecule has 9 rings (SSSR count). The first-order valence-corrected chi connectivity index (χ1v) is 21.3. The van der Waals surface area contributed by atoms with E-state index in [0.29, 0.717) is 59.5 Å². The first-order valence-electron chi connectivity index (χ1n) is 21.3. The summed E-state index contributed by atoms with van der Waals surface area (Å²) in [5.74, 6) is -4.05. The van der Waals surface area contributed by atoms with E-state index in [4.69, 9.17) is 9.84 Å². The van der Waals surface area contributed by atoms with Crippen molar-refractivity contribution in [2.45, 2.75) is 88.1 Å². The number of amides is 3. The fraction of sp³-hybridized carbons (Fsp3) is 0.467. The quantitative estimate of drug-likeness (QED) is 0.164. The molecule has 3 aromatic heterocycles. The molecule has 0 unspecified atom stereocenters. The third-order valence-corrected chi connectivity index (χ3v) is 13.3. The number of rotatable bonds is 10. The van der Waals surface area contributed by atoms with Crippen molar-refractivity contribution in [1.29, 1.82) is 5.26 Å². The van der Waals surface area contributed by atoms with Gasteiger partial charge in [-0.2, -0.15) is 15.5 Å². The monoisotopic (exact) mass is 848 g/mol. The average Bonchev–Trinajstić information content (AvgIpc) is 3.84. The van der Waals surface area contributed by atoms with Gasteiger partial charge in [-0.05, 0) is 88.4 Å². The fourth-order valence-corrected chi connectivity index (χ4v) is 9.96. The minimum Gasteiger partial charge on any atom is -0.386 e. The Labute approximate surface area is 357 Å². The topological polar surface area (TPSA) is 173 Å². The van der Waals surface area contributed by atoms with E-state index >= 15 is 8.78 Å². The van der Waals surface area contributed by atoms with Gasteiger partial charge in [0.1, 0.15) is 23.4 Å². The van der Waals surface area contributed by atoms with E-state index in [0.717, 1.165) is 56.2 Å². The molecule has 0 spiro atoms. The molecular formula is C45H50F2N10O5. The molecule has 2 aromatic carbocycles. The highest BCUT2D eigenvalue weighted by Crippen LogP contribution is 2.38. The maximum Gasteiger partial charge on any atom is 0.274 e. The molecule has 0 bridgehead atoms. The number of imide groups is 1. The second-order valence-corrected chi connectivity index (χ2v) is 17.7. The van der Waals surface area contributed by atoms with E-state index in [1.165, 1.54) is 22.8 Å². The zero-order valence-corrected chi connectivity index (χ0v) is 35.0. The van der Waals surface area contributed by atoms with Gasteiger partial charge in [0.2, 0.25) is 11.8 Å². The second kappa shape index (κ2) is 16.5. The Hall–Kier alpha value is -5.80. The summed E-state index contributed by atoms with van der Waals surface area (Å²) in [5.41, 5.74) is 1.95. The minimum absolute atomic E-state index is 0.0472. The van der Waals surface area contributed by atoms with Crippen molar-refractivity contribution >= 4 is 45.5 Å². The Bertz CT molecular complexity index is 2580. The zero-order valence-electron chi connectivity index (χ0n) is 35.0. The number of anilines is 2. The number of nitriles is 1. The number of carbonyl (C=O) groups is 3. The molecule has 1 saturated carbocycles. The first kappa shape index (κ1) is 41.5. The van der Waals surface area contributed by atoms with Gasteiger partial charge in [-0.15, -0.1) is 0 Å². The van der Waals surface area contributed by atoms with Gasteiger partial charge in [0.05, 0.1) is 47.0 Å². The number of nitrogens with zero attached hydrogens (tertiary/aromatic N) is 8.